The Morgan fingerprint density at radius 2 is 0.739 bits per heavy atom. The number of nitrogens with zero attached hydrogens (tertiary/aromatic N) is 6. The van der Waals surface area contributed by atoms with Crippen LogP contribution in [0.4, 0.5) is 0 Å². The molecule has 6 heteroatoms. The first kappa shape index (κ1) is 54.2. The molecule has 0 bridgehead atoms. The quantitative estimate of drug-likeness (QED) is 0.144. The first-order valence-electron chi connectivity index (χ1n) is 38.3. The Morgan fingerprint density at radius 1 is 0.348 bits per heavy atom. The fourth-order valence-electron chi connectivity index (χ4n) is 11.1. The first-order chi connectivity index (χ1) is 48.1. The van der Waals surface area contributed by atoms with Crippen molar-refractivity contribution in [2.75, 3.05) is 0 Å². The highest BCUT2D eigenvalue weighted by Gasteiger charge is 2.26. The minimum absolute atomic E-state index is 0.0591. The van der Waals surface area contributed by atoms with E-state index in [0.717, 1.165) is 78.3 Å². The molecule has 0 saturated carbocycles. The molecular weight excluding hydrogens is 1120 g/mol. The van der Waals surface area contributed by atoms with Gasteiger partial charge in [-0.25, -0.2) is 4.98 Å². The monoisotopic (exact) mass is 1240 g/mol. The molecule has 0 atom stereocenters. The van der Waals surface area contributed by atoms with Gasteiger partial charge in [-0.05, 0) is 147 Å². The summed E-state index contributed by atoms with van der Waals surface area (Å²) in [6.45, 7) is 36.3. The van der Waals surface area contributed by atoms with Crippen LogP contribution in [-0.4, -0.2) is 29.5 Å². The van der Waals surface area contributed by atoms with Gasteiger partial charge in [-0.1, -0.05) is 290 Å². The van der Waals surface area contributed by atoms with E-state index >= 15 is 0 Å². The van der Waals surface area contributed by atoms with Crippen molar-refractivity contribution in [2.24, 2.45) is 0 Å². The normalized spacial score (nSPS) is 14.8. The van der Waals surface area contributed by atoms with Gasteiger partial charge < -0.3 is 0 Å². The van der Waals surface area contributed by atoms with E-state index in [-0.39, 0.29) is 38.5 Å². The molecule has 6 aromatic heterocycles. The van der Waals surface area contributed by atoms with E-state index in [1.165, 1.54) is 23.8 Å². The van der Waals surface area contributed by atoms with Gasteiger partial charge in [0.05, 0.1) is 22.4 Å². The van der Waals surface area contributed by atoms with Crippen LogP contribution in [0.5, 0.6) is 0 Å². The second-order valence-electron chi connectivity index (χ2n) is 27.9. The molecule has 0 saturated heterocycles. The molecule has 6 nitrogen and oxygen atoms in total. The molecule has 11 rings (SSSR count). The van der Waals surface area contributed by atoms with E-state index in [9.17, 15) is 0 Å². The average molecular weight is 1240 g/mol. The van der Waals surface area contributed by atoms with E-state index in [1.807, 2.05) is 160 Å². The van der Waals surface area contributed by atoms with E-state index in [4.69, 9.17) is 27.8 Å². The molecule has 0 fully saturated rings. The lowest BCUT2D eigenvalue weighted by Gasteiger charge is -2.26. The van der Waals surface area contributed by atoms with Crippen LogP contribution < -0.4 is 0 Å². The van der Waals surface area contributed by atoms with Crippen molar-refractivity contribution in [1.82, 2.24) is 29.5 Å². The predicted molar refractivity (Wildman–Crippen MR) is 397 cm³/mol. The first-order valence-corrected chi connectivity index (χ1v) is 31.8. The maximum atomic E-state index is 8.42. The number of para-hydroxylation sites is 2. The molecule has 480 valence electrons. The van der Waals surface area contributed by atoms with Crippen molar-refractivity contribution < 1.29 is 17.8 Å². The standard InChI is InChI=1S/C23H24N2.C23H25N.C17H21N.C12H19N.C11H17N/c1-5-19-18(23(2,3)4)14-15-22(24-19)25-20-12-8-6-10-16(20)17-11-7-9-13-21(17)25;1-5-20-22(23(2,3)4)19(17-12-8-6-9-13-17)16-21(24-20)18-14-10-7-11-15-18;1-5-15-14(17(2,3)4)11-12-16(18-15)13-9-7-6-8-10-13;1-6-11-10(12(3,4)5)8-7-9(2)13-11;1-5-10-9(11(2,3)4)7-6-8-12-10/h6-15H,5H2,1-4H3;6-16H,5H2,1-4H3;6-12H,5H2,1-4H3;7-8H,6H2,1-5H3;6-8H,5H2,1-4H3/i3*5D2;2D3,6D2;5D2. The molecule has 6 heterocycles. The lowest BCUT2D eigenvalue weighted by molar-refractivity contribution is 0.577. The van der Waals surface area contributed by atoms with Crippen molar-refractivity contribution in [3.05, 3.63) is 262 Å². The average Bonchev–Trinajstić information content (AvgIpc) is 1.72. The molecule has 0 amide bonds. The molecule has 0 aliphatic carbocycles. The minimum atomic E-state index is -2.31. The minimum Gasteiger partial charge on any atom is -0.294 e. The highest BCUT2D eigenvalue weighted by molar-refractivity contribution is 6.09. The molecule has 0 N–H and O–H groups in total. The summed E-state index contributed by atoms with van der Waals surface area (Å²) >= 11 is 0. The fourth-order valence-corrected chi connectivity index (χ4v) is 11.1. The van der Waals surface area contributed by atoms with Crippen LogP contribution in [0.1, 0.15) is 218 Å². The Balaban J connectivity index is 0.000000187. The maximum Gasteiger partial charge on any atom is 0.137 e. The third-order valence-electron chi connectivity index (χ3n) is 15.7. The zero-order valence-electron chi connectivity index (χ0n) is 71.2. The Labute approximate surface area is 572 Å². The Bertz CT molecular complexity index is 4650. The van der Waals surface area contributed by atoms with Crippen LogP contribution >= 0.6 is 0 Å². The summed E-state index contributed by atoms with van der Waals surface area (Å²) in [5.41, 5.74) is 13.9. The summed E-state index contributed by atoms with van der Waals surface area (Å²) in [6.07, 6.45) is -5.89. The summed E-state index contributed by atoms with van der Waals surface area (Å²) in [5.74, 6) is 0.751. The second kappa shape index (κ2) is 30.8. The van der Waals surface area contributed by atoms with Crippen LogP contribution in [-0.2, 0) is 58.9 Å². The highest BCUT2D eigenvalue weighted by atomic mass is 15.1. The van der Waals surface area contributed by atoms with Gasteiger partial charge in [0.25, 0.3) is 0 Å². The maximum absolute atomic E-state index is 8.42. The van der Waals surface area contributed by atoms with Gasteiger partial charge in [-0.15, -0.1) is 0 Å². The van der Waals surface area contributed by atoms with Gasteiger partial charge >= 0.3 is 0 Å². The zero-order chi connectivity index (χ0) is 78.6. The number of aromatic nitrogens is 6. The summed E-state index contributed by atoms with van der Waals surface area (Å²) in [5, 5.41) is 2.35. The van der Waals surface area contributed by atoms with Gasteiger partial charge in [0.15, 0.2) is 0 Å². The molecule has 0 aliphatic rings. The van der Waals surface area contributed by atoms with E-state index in [1.54, 1.807) is 40.0 Å². The second-order valence-corrected chi connectivity index (χ2v) is 27.9. The van der Waals surface area contributed by atoms with Crippen LogP contribution in [0, 0.1) is 6.85 Å². The van der Waals surface area contributed by atoms with Crippen LogP contribution in [0.2, 0.25) is 0 Å². The van der Waals surface area contributed by atoms with Gasteiger partial charge in [0, 0.05) is 80.1 Å². The third kappa shape index (κ3) is 18.0. The predicted octanol–water partition coefficient (Wildman–Crippen LogP) is 23.1. The Morgan fingerprint density at radius 3 is 1.18 bits per heavy atom. The SMILES string of the molecule is [2H]C([2H])(C)c1nc(-c2ccccc2)cc(-c2ccccc2)c1C(C)(C)C.[2H]C([2H])(C)c1nc(-c2ccccc2)ccc1C(C)(C)C.[2H]C([2H])(C)c1nc(-n2c3ccccc3c3ccccc32)ccc1C(C)(C)C.[2H]C([2H])(C)c1ncccc1C(C)(C)C.[2H]C([2H])([2H])c1ccc(C(C)(C)C)c(C([2H])([2H])C)n1. The number of hydrogen-bond acceptors (Lipinski definition) is 5. The summed E-state index contributed by atoms with van der Waals surface area (Å²) < 4.78 is 105. The highest BCUT2D eigenvalue weighted by Crippen LogP contribution is 2.39. The number of hydrogen-bond donors (Lipinski definition) is 0. The van der Waals surface area contributed by atoms with Crippen molar-refractivity contribution in [2.45, 2.75) is 204 Å². The van der Waals surface area contributed by atoms with Crippen molar-refractivity contribution >= 4 is 21.8 Å². The number of aryl methyl sites for hydroxylation is 6. The van der Waals surface area contributed by atoms with E-state index in [0.29, 0.717) is 22.8 Å². The zero-order valence-corrected chi connectivity index (χ0v) is 58.2. The Kier molecular flexibility index (Phi) is 18.2. The molecule has 0 radical (unpaired) electrons. The number of rotatable bonds is 9. The lowest BCUT2D eigenvalue weighted by atomic mass is 9.79. The van der Waals surface area contributed by atoms with Crippen LogP contribution in [0.3, 0.4) is 0 Å². The number of fused-ring (bicyclic) bond motifs is 3. The van der Waals surface area contributed by atoms with Gasteiger partial charge in [0.2, 0.25) is 0 Å². The smallest absolute Gasteiger partial charge is 0.137 e. The molecular formula is C86H106N6. The van der Waals surface area contributed by atoms with Crippen LogP contribution in [0.25, 0.3) is 61.3 Å². The van der Waals surface area contributed by atoms with E-state index < -0.39 is 38.7 Å². The van der Waals surface area contributed by atoms with Gasteiger partial charge in [0.1, 0.15) is 5.82 Å². The largest absolute Gasteiger partial charge is 0.294 e. The molecule has 0 aliphatic heterocycles. The van der Waals surface area contributed by atoms with Crippen molar-refractivity contribution in [3.8, 4) is 39.5 Å². The number of pyridine rings is 5. The fraction of sp³-hybridized carbons (Fsp3) is 0.360. The Hall–Kier alpha value is -8.35. The van der Waals surface area contributed by atoms with Gasteiger partial charge in [-0.3, -0.25) is 24.5 Å². The molecule has 0 unspecified atom stereocenters. The molecule has 0 spiro atoms. The molecule has 92 heavy (non-hydrogen) atoms. The molecule has 5 aromatic carbocycles. The molecule has 11 aromatic rings. The third-order valence-corrected chi connectivity index (χ3v) is 15.7. The van der Waals surface area contributed by atoms with Crippen LogP contribution in [0.15, 0.2) is 200 Å². The van der Waals surface area contributed by atoms with Gasteiger partial charge in [-0.2, -0.15) is 0 Å². The lowest BCUT2D eigenvalue weighted by Crippen LogP contribution is -2.17. The van der Waals surface area contributed by atoms with Crippen molar-refractivity contribution in [1.29, 1.82) is 0 Å². The summed E-state index contributed by atoms with van der Waals surface area (Å²) in [4.78, 5) is 22.4. The van der Waals surface area contributed by atoms with Crippen molar-refractivity contribution in [3.63, 3.8) is 0 Å². The summed E-state index contributed by atoms with van der Waals surface area (Å²) in [7, 11) is 0. The topological polar surface area (TPSA) is 69.4 Å². The number of benzene rings is 5. The summed E-state index contributed by atoms with van der Waals surface area (Å²) in [6, 6.07) is 63.7. The van der Waals surface area contributed by atoms with E-state index in [2.05, 4.69) is 145 Å².